The summed E-state index contributed by atoms with van der Waals surface area (Å²) in [6.45, 7) is 3.93. The number of nitrogens with one attached hydrogen (secondary N) is 1. The average Bonchev–Trinajstić information content (AvgIpc) is 3.14. The van der Waals surface area contributed by atoms with E-state index in [1.807, 2.05) is 49.1 Å². The third-order valence-corrected chi connectivity index (χ3v) is 8.09. The monoisotopic (exact) mass is 463 g/mol. The van der Waals surface area contributed by atoms with Gasteiger partial charge in [-0.15, -0.1) is 0 Å². The van der Waals surface area contributed by atoms with Crippen molar-refractivity contribution in [2.24, 2.45) is 4.99 Å². The first-order chi connectivity index (χ1) is 14.2. The lowest BCUT2D eigenvalue weighted by Crippen LogP contribution is -2.39. The predicted molar refractivity (Wildman–Crippen MR) is 125 cm³/mol. The third kappa shape index (κ3) is 4.50. The second kappa shape index (κ2) is 8.24. The van der Waals surface area contributed by atoms with Crippen LogP contribution < -0.4 is 10.2 Å². The lowest BCUT2D eigenvalue weighted by atomic mass is 10.1. The van der Waals surface area contributed by atoms with Gasteiger partial charge >= 0.3 is 0 Å². The molecule has 2 aliphatic heterocycles. The number of amides is 1. The van der Waals surface area contributed by atoms with Crippen molar-refractivity contribution in [1.29, 1.82) is 0 Å². The highest BCUT2D eigenvalue weighted by Gasteiger charge is 2.47. The molecule has 0 aliphatic carbocycles. The highest BCUT2D eigenvalue weighted by atomic mass is 35.5. The zero-order valence-corrected chi connectivity index (χ0v) is 19.0. The molecule has 30 heavy (non-hydrogen) atoms. The molecule has 2 atom stereocenters. The highest BCUT2D eigenvalue weighted by Crippen LogP contribution is 2.36. The summed E-state index contributed by atoms with van der Waals surface area (Å²) < 4.78 is 24.3. The molecule has 9 heteroatoms. The first kappa shape index (κ1) is 21.2. The molecule has 1 amide bonds. The molecule has 0 aromatic heterocycles. The molecule has 0 unspecified atom stereocenters. The molecular formula is C21H22ClN3O3S2. The van der Waals surface area contributed by atoms with Crippen molar-refractivity contribution >= 4 is 55.6 Å². The number of amidine groups is 1. The predicted octanol–water partition coefficient (Wildman–Crippen LogP) is 3.67. The number of benzene rings is 2. The van der Waals surface area contributed by atoms with Crippen LogP contribution in [-0.4, -0.2) is 48.8 Å². The summed E-state index contributed by atoms with van der Waals surface area (Å²) >= 11 is 7.47. The van der Waals surface area contributed by atoms with Gasteiger partial charge in [0, 0.05) is 16.4 Å². The Bertz CT molecular complexity index is 1130. The molecule has 2 aromatic rings. The number of nitrogens with zero attached hydrogens (tertiary/aromatic N) is 2. The Kier molecular flexibility index (Phi) is 5.83. The van der Waals surface area contributed by atoms with E-state index >= 15 is 0 Å². The quantitative estimate of drug-likeness (QED) is 0.748. The lowest BCUT2D eigenvalue weighted by molar-refractivity contribution is -0.113. The van der Waals surface area contributed by atoms with E-state index in [1.54, 1.807) is 12.1 Å². The number of aryl methyl sites for hydroxylation is 2. The van der Waals surface area contributed by atoms with Crippen LogP contribution in [0.4, 0.5) is 11.4 Å². The van der Waals surface area contributed by atoms with E-state index in [4.69, 9.17) is 11.6 Å². The number of hydrogen-bond donors (Lipinski definition) is 1. The first-order valence-electron chi connectivity index (χ1n) is 9.55. The summed E-state index contributed by atoms with van der Waals surface area (Å²) in [7, 11) is -3.13. The topological polar surface area (TPSA) is 78.8 Å². The fourth-order valence-corrected chi connectivity index (χ4v) is 6.70. The number of fused-ring (bicyclic) bond motifs is 1. The van der Waals surface area contributed by atoms with Gasteiger partial charge < -0.3 is 10.2 Å². The maximum absolute atomic E-state index is 12.6. The number of sulfone groups is 1. The van der Waals surface area contributed by atoms with Gasteiger partial charge in [0.05, 0.1) is 29.3 Å². The number of halogens is 1. The summed E-state index contributed by atoms with van der Waals surface area (Å²) in [5.41, 5.74) is 3.65. The van der Waals surface area contributed by atoms with Crippen molar-refractivity contribution in [2.45, 2.75) is 25.9 Å². The number of thioether (sulfide) groups is 1. The zero-order valence-electron chi connectivity index (χ0n) is 16.6. The molecule has 0 bridgehead atoms. The Hall–Kier alpha value is -2.03. The van der Waals surface area contributed by atoms with Gasteiger partial charge in [0.1, 0.15) is 0 Å². The van der Waals surface area contributed by atoms with E-state index in [1.165, 1.54) is 11.8 Å². The molecule has 2 heterocycles. The minimum atomic E-state index is -3.13. The Balaban J connectivity index is 1.51. The maximum atomic E-state index is 12.6. The summed E-state index contributed by atoms with van der Waals surface area (Å²) in [6.07, 6.45) is 0. The molecule has 0 radical (unpaired) electrons. The van der Waals surface area contributed by atoms with Crippen LogP contribution in [0.2, 0.25) is 5.02 Å². The SMILES string of the molecule is Cc1ccc(C)c(NC(=O)CSC2=N[C@H]3CS(=O)(=O)C[C@H]3N2c2cccc(Cl)c2)c1. The van der Waals surface area contributed by atoms with Crippen LogP contribution in [0, 0.1) is 13.8 Å². The van der Waals surface area contributed by atoms with Crippen LogP contribution in [-0.2, 0) is 14.6 Å². The van der Waals surface area contributed by atoms with E-state index in [0.29, 0.717) is 10.2 Å². The largest absolute Gasteiger partial charge is 0.325 e. The van der Waals surface area contributed by atoms with Crippen LogP contribution in [0.25, 0.3) is 0 Å². The van der Waals surface area contributed by atoms with Crippen LogP contribution in [0.5, 0.6) is 0 Å². The summed E-state index contributed by atoms with van der Waals surface area (Å²) in [5, 5.41) is 4.17. The molecule has 1 N–H and O–H groups in total. The van der Waals surface area contributed by atoms with Gasteiger partial charge in [-0.1, -0.05) is 41.6 Å². The summed E-state index contributed by atoms with van der Waals surface area (Å²) in [4.78, 5) is 19.1. The number of anilines is 2. The summed E-state index contributed by atoms with van der Waals surface area (Å²) in [5.74, 6) is 0.127. The molecule has 1 fully saturated rings. The fraction of sp³-hybridized carbons (Fsp3) is 0.333. The van der Waals surface area contributed by atoms with Crippen molar-refractivity contribution in [3.8, 4) is 0 Å². The van der Waals surface area contributed by atoms with Crippen LogP contribution in [0.3, 0.4) is 0 Å². The van der Waals surface area contributed by atoms with Crippen molar-refractivity contribution in [2.75, 3.05) is 27.5 Å². The molecule has 2 aliphatic rings. The van der Waals surface area contributed by atoms with Gasteiger partial charge in [-0.05, 0) is 49.2 Å². The van der Waals surface area contributed by atoms with Crippen molar-refractivity contribution < 1.29 is 13.2 Å². The number of aliphatic imine (C=N–C) groups is 1. The van der Waals surface area contributed by atoms with Crippen molar-refractivity contribution in [3.05, 3.63) is 58.6 Å². The normalized spacial score (nSPS) is 22.0. The van der Waals surface area contributed by atoms with Crippen LogP contribution in [0.1, 0.15) is 11.1 Å². The average molecular weight is 464 g/mol. The van der Waals surface area contributed by atoms with Gasteiger partial charge in [0.25, 0.3) is 0 Å². The molecule has 2 aromatic carbocycles. The van der Waals surface area contributed by atoms with Gasteiger partial charge in [-0.3, -0.25) is 9.79 Å². The Labute approximate surface area is 185 Å². The van der Waals surface area contributed by atoms with E-state index in [0.717, 1.165) is 22.5 Å². The van der Waals surface area contributed by atoms with Crippen molar-refractivity contribution in [3.63, 3.8) is 0 Å². The minimum Gasteiger partial charge on any atom is -0.325 e. The second-order valence-electron chi connectivity index (χ2n) is 7.63. The molecular weight excluding hydrogens is 442 g/mol. The summed E-state index contributed by atoms with van der Waals surface area (Å²) in [6, 6.07) is 12.6. The molecule has 0 spiro atoms. The zero-order chi connectivity index (χ0) is 21.5. The molecule has 6 nitrogen and oxygen atoms in total. The number of carbonyl (C=O) groups is 1. The Morgan fingerprint density at radius 2 is 2.03 bits per heavy atom. The number of hydrogen-bond acceptors (Lipinski definition) is 6. The van der Waals surface area contributed by atoms with Crippen LogP contribution in [0.15, 0.2) is 47.5 Å². The standard InChI is InChI=1S/C21H22ClN3O3S2/c1-13-6-7-14(2)17(8-13)23-20(26)10-29-21-24-18-11-30(27,28)12-19(18)25(21)16-5-3-4-15(22)9-16/h3-9,18-19H,10-12H2,1-2H3,(H,23,26)/t18-,19+/m0/s1. The molecule has 158 valence electrons. The number of rotatable bonds is 4. The minimum absolute atomic E-state index is 0.0352. The molecule has 0 saturated carbocycles. The first-order valence-corrected chi connectivity index (χ1v) is 12.7. The van der Waals surface area contributed by atoms with E-state index in [2.05, 4.69) is 10.3 Å². The maximum Gasteiger partial charge on any atom is 0.234 e. The smallest absolute Gasteiger partial charge is 0.234 e. The molecule has 1 saturated heterocycles. The van der Waals surface area contributed by atoms with Gasteiger partial charge in [-0.25, -0.2) is 8.42 Å². The second-order valence-corrected chi connectivity index (χ2v) is 11.2. The van der Waals surface area contributed by atoms with Crippen molar-refractivity contribution in [1.82, 2.24) is 0 Å². The highest BCUT2D eigenvalue weighted by molar-refractivity contribution is 8.14. The fourth-order valence-electron chi connectivity index (χ4n) is 3.75. The Morgan fingerprint density at radius 1 is 1.23 bits per heavy atom. The lowest BCUT2D eigenvalue weighted by Gasteiger charge is -2.26. The Morgan fingerprint density at radius 3 is 2.80 bits per heavy atom. The van der Waals surface area contributed by atoms with Gasteiger partial charge in [-0.2, -0.15) is 0 Å². The van der Waals surface area contributed by atoms with Crippen LogP contribution >= 0.6 is 23.4 Å². The van der Waals surface area contributed by atoms with E-state index in [9.17, 15) is 13.2 Å². The van der Waals surface area contributed by atoms with E-state index in [-0.39, 0.29) is 35.2 Å². The molecule has 4 rings (SSSR count). The van der Waals surface area contributed by atoms with Gasteiger partial charge in [0.2, 0.25) is 5.91 Å². The van der Waals surface area contributed by atoms with E-state index < -0.39 is 9.84 Å². The number of carbonyl (C=O) groups excluding carboxylic acids is 1. The van der Waals surface area contributed by atoms with Gasteiger partial charge in [0.15, 0.2) is 15.0 Å². The third-order valence-electron chi connectivity index (χ3n) is 5.19.